The molecule has 1 aliphatic heterocycles. The summed E-state index contributed by atoms with van der Waals surface area (Å²) in [6.45, 7) is 5.97. The standard InChI is InChI=1S/C20H23FN6O/c1-13(2)24-18-9-22-12-23-20(18)26-5-6-27(16(10-26)11-28)19-8-14-7-15(21)3-4-17(14)25-19/h3-4,7-9,11-13,16,24-25H,5-6,10H2,1-2H3. The fourth-order valence-corrected chi connectivity index (χ4v) is 3.65. The van der Waals surface area contributed by atoms with Crippen LogP contribution in [0.3, 0.4) is 0 Å². The Labute approximate surface area is 162 Å². The first kappa shape index (κ1) is 18.2. The van der Waals surface area contributed by atoms with Crippen LogP contribution in [0.2, 0.25) is 0 Å². The molecule has 3 heterocycles. The minimum absolute atomic E-state index is 0.250. The fraction of sp³-hybridized carbons (Fsp3) is 0.350. The van der Waals surface area contributed by atoms with E-state index in [1.54, 1.807) is 12.3 Å². The van der Waals surface area contributed by atoms with Gasteiger partial charge in [0, 0.05) is 36.6 Å². The van der Waals surface area contributed by atoms with Gasteiger partial charge in [0.1, 0.15) is 30.3 Å². The third-order valence-electron chi connectivity index (χ3n) is 4.89. The van der Waals surface area contributed by atoms with E-state index in [1.807, 2.05) is 11.0 Å². The van der Waals surface area contributed by atoms with Crippen molar-refractivity contribution in [2.75, 3.05) is 34.8 Å². The molecule has 1 aromatic carbocycles. The summed E-state index contributed by atoms with van der Waals surface area (Å²) in [5, 5.41) is 4.15. The van der Waals surface area contributed by atoms with Gasteiger partial charge in [0.2, 0.25) is 0 Å². The first-order valence-corrected chi connectivity index (χ1v) is 9.37. The molecule has 0 bridgehead atoms. The van der Waals surface area contributed by atoms with Gasteiger partial charge in [0.15, 0.2) is 5.82 Å². The Balaban J connectivity index is 1.58. The van der Waals surface area contributed by atoms with E-state index in [0.717, 1.165) is 34.5 Å². The summed E-state index contributed by atoms with van der Waals surface area (Å²) in [6.07, 6.45) is 4.24. The molecule has 0 amide bonds. The molecule has 1 saturated heterocycles. The number of fused-ring (bicyclic) bond motifs is 1. The minimum Gasteiger partial charge on any atom is -0.379 e. The van der Waals surface area contributed by atoms with Gasteiger partial charge in [-0.05, 0) is 38.1 Å². The quantitative estimate of drug-likeness (QED) is 0.661. The summed E-state index contributed by atoms with van der Waals surface area (Å²) in [5.41, 5.74) is 1.71. The second-order valence-corrected chi connectivity index (χ2v) is 7.29. The van der Waals surface area contributed by atoms with Crippen molar-refractivity contribution in [1.29, 1.82) is 0 Å². The third-order valence-corrected chi connectivity index (χ3v) is 4.89. The Morgan fingerprint density at radius 2 is 2.18 bits per heavy atom. The first-order valence-electron chi connectivity index (χ1n) is 9.37. The molecule has 2 N–H and O–H groups in total. The van der Waals surface area contributed by atoms with E-state index in [4.69, 9.17) is 0 Å². The van der Waals surface area contributed by atoms with Gasteiger partial charge in [0.25, 0.3) is 0 Å². The van der Waals surface area contributed by atoms with Gasteiger partial charge in [-0.2, -0.15) is 0 Å². The number of carbonyl (C=O) groups is 1. The highest BCUT2D eigenvalue weighted by molar-refractivity contribution is 5.85. The number of hydrogen-bond acceptors (Lipinski definition) is 6. The van der Waals surface area contributed by atoms with Crippen LogP contribution in [0.4, 0.5) is 21.7 Å². The Morgan fingerprint density at radius 1 is 1.32 bits per heavy atom. The smallest absolute Gasteiger partial charge is 0.155 e. The number of aromatic nitrogens is 3. The van der Waals surface area contributed by atoms with Crippen molar-refractivity contribution in [2.45, 2.75) is 25.9 Å². The van der Waals surface area contributed by atoms with Gasteiger partial charge in [0.05, 0.1) is 11.9 Å². The maximum absolute atomic E-state index is 13.5. The maximum atomic E-state index is 13.5. The maximum Gasteiger partial charge on any atom is 0.155 e. The van der Waals surface area contributed by atoms with Gasteiger partial charge in [-0.1, -0.05) is 0 Å². The van der Waals surface area contributed by atoms with E-state index in [-0.39, 0.29) is 17.9 Å². The van der Waals surface area contributed by atoms with E-state index >= 15 is 0 Å². The highest BCUT2D eigenvalue weighted by Crippen LogP contribution is 2.29. The summed E-state index contributed by atoms with van der Waals surface area (Å²) >= 11 is 0. The zero-order chi connectivity index (χ0) is 19.7. The van der Waals surface area contributed by atoms with Crippen molar-refractivity contribution >= 4 is 34.5 Å². The predicted octanol–water partition coefficient (Wildman–Crippen LogP) is 2.81. The Morgan fingerprint density at radius 3 is 2.96 bits per heavy atom. The van der Waals surface area contributed by atoms with Crippen LogP contribution in [0.1, 0.15) is 13.8 Å². The molecular formula is C20H23FN6O. The molecule has 8 heteroatoms. The molecule has 4 rings (SSSR count). The largest absolute Gasteiger partial charge is 0.379 e. The zero-order valence-electron chi connectivity index (χ0n) is 15.9. The van der Waals surface area contributed by atoms with E-state index < -0.39 is 0 Å². The van der Waals surface area contributed by atoms with Crippen LogP contribution in [0.5, 0.6) is 0 Å². The molecule has 7 nitrogen and oxygen atoms in total. The molecule has 1 aliphatic rings. The first-order chi connectivity index (χ1) is 13.5. The molecule has 0 aliphatic carbocycles. The number of H-pyrrole nitrogens is 1. The summed E-state index contributed by atoms with van der Waals surface area (Å²) in [6, 6.07) is 6.43. The molecule has 0 spiro atoms. The molecule has 146 valence electrons. The van der Waals surface area contributed by atoms with Gasteiger partial charge in [-0.25, -0.2) is 14.4 Å². The van der Waals surface area contributed by atoms with Gasteiger partial charge in [-0.3, -0.25) is 0 Å². The monoisotopic (exact) mass is 382 g/mol. The second kappa shape index (κ2) is 7.46. The second-order valence-electron chi connectivity index (χ2n) is 7.29. The Hall–Kier alpha value is -3.16. The number of halogens is 1. The normalized spacial score (nSPS) is 17.4. The third kappa shape index (κ3) is 3.49. The fourth-order valence-electron chi connectivity index (χ4n) is 3.65. The van der Waals surface area contributed by atoms with E-state index in [0.29, 0.717) is 19.6 Å². The number of anilines is 3. The van der Waals surface area contributed by atoms with Crippen molar-refractivity contribution in [1.82, 2.24) is 15.0 Å². The molecular weight excluding hydrogens is 359 g/mol. The number of hydrogen-bond donors (Lipinski definition) is 2. The summed E-state index contributed by atoms with van der Waals surface area (Å²) in [4.78, 5) is 27.8. The van der Waals surface area contributed by atoms with Crippen molar-refractivity contribution < 1.29 is 9.18 Å². The van der Waals surface area contributed by atoms with Crippen LogP contribution >= 0.6 is 0 Å². The average Bonchev–Trinajstić information content (AvgIpc) is 3.10. The van der Waals surface area contributed by atoms with Gasteiger partial charge < -0.3 is 24.9 Å². The van der Waals surface area contributed by atoms with E-state index in [2.05, 4.69) is 39.0 Å². The number of carbonyl (C=O) groups excluding carboxylic acids is 1. The number of benzene rings is 1. The van der Waals surface area contributed by atoms with E-state index in [9.17, 15) is 9.18 Å². The highest BCUT2D eigenvalue weighted by atomic mass is 19.1. The van der Waals surface area contributed by atoms with Crippen molar-refractivity contribution in [3.63, 3.8) is 0 Å². The summed E-state index contributed by atoms with van der Waals surface area (Å²) in [7, 11) is 0. The highest BCUT2D eigenvalue weighted by Gasteiger charge is 2.29. The molecule has 2 aromatic heterocycles. The summed E-state index contributed by atoms with van der Waals surface area (Å²) < 4.78 is 13.5. The lowest BCUT2D eigenvalue weighted by Gasteiger charge is -2.40. The van der Waals surface area contributed by atoms with Gasteiger partial charge >= 0.3 is 0 Å². The SMILES string of the molecule is CC(C)Nc1cncnc1N1CCN(c2cc3cc(F)ccc3[nH]2)C(C=O)C1. The number of aldehydes is 1. The van der Waals surface area contributed by atoms with Crippen LogP contribution < -0.4 is 15.1 Å². The van der Waals surface area contributed by atoms with Crippen LogP contribution in [-0.2, 0) is 4.79 Å². The lowest BCUT2D eigenvalue weighted by atomic mass is 10.1. The zero-order valence-corrected chi connectivity index (χ0v) is 15.9. The number of aromatic amines is 1. The van der Waals surface area contributed by atoms with Gasteiger partial charge in [-0.15, -0.1) is 0 Å². The van der Waals surface area contributed by atoms with E-state index in [1.165, 1.54) is 18.5 Å². The minimum atomic E-state index is -0.339. The lowest BCUT2D eigenvalue weighted by Crippen LogP contribution is -2.54. The van der Waals surface area contributed by atoms with Crippen molar-refractivity contribution in [2.24, 2.45) is 0 Å². The topological polar surface area (TPSA) is 77.2 Å². The molecule has 0 saturated carbocycles. The van der Waals surface area contributed by atoms with Crippen LogP contribution in [-0.4, -0.2) is 53.0 Å². The Bertz CT molecular complexity index is 988. The number of nitrogens with one attached hydrogen (secondary N) is 2. The number of nitrogens with zero attached hydrogens (tertiary/aromatic N) is 4. The Kier molecular flexibility index (Phi) is 4.85. The molecule has 28 heavy (non-hydrogen) atoms. The molecule has 1 unspecified atom stereocenters. The lowest BCUT2D eigenvalue weighted by molar-refractivity contribution is -0.109. The summed E-state index contributed by atoms with van der Waals surface area (Å²) in [5.74, 6) is 1.35. The molecule has 1 fully saturated rings. The molecule has 0 radical (unpaired) electrons. The van der Waals surface area contributed by atoms with Crippen molar-refractivity contribution in [3.05, 3.63) is 42.6 Å². The van der Waals surface area contributed by atoms with Crippen LogP contribution in [0.25, 0.3) is 10.9 Å². The number of piperazine rings is 1. The average molecular weight is 382 g/mol. The van der Waals surface area contributed by atoms with Crippen LogP contribution in [0, 0.1) is 5.82 Å². The predicted molar refractivity (Wildman–Crippen MR) is 108 cm³/mol. The molecule has 3 aromatic rings. The van der Waals surface area contributed by atoms with Crippen molar-refractivity contribution in [3.8, 4) is 0 Å². The number of rotatable bonds is 5. The van der Waals surface area contributed by atoms with Crippen LogP contribution in [0.15, 0.2) is 36.8 Å². The molecule has 1 atom stereocenters.